The number of aliphatic imine (C=N–C) groups is 1. The van der Waals surface area contributed by atoms with Gasteiger partial charge in [-0.2, -0.15) is 4.57 Å². The molecule has 0 spiro atoms. The highest BCUT2D eigenvalue weighted by molar-refractivity contribution is 6.18. The lowest BCUT2D eigenvalue weighted by atomic mass is 10.1. The summed E-state index contributed by atoms with van der Waals surface area (Å²) in [6.45, 7) is 4.20. The van der Waals surface area contributed by atoms with Crippen LogP contribution in [0.25, 0.3) is 0 Å². The number of likely N-dealkylation sites (N-methyl/N-ethyl adjacent to an activating group) is 1. The summed E-state index contributed by atoms with van der Waals surface area (Å²) in [5.74, 6) is 0.811. The Labute approximate surface area is 121 Å². The van der Waals surface area contributed by atoms with Gasteiger partial charge in [0.2, 0.25) is 0 Å². The minimum Gasteiger partial charge on any atom is -0.389 e. The fraction of sp³-hybridized carbons (Fsp3) is 0.538. The van der Waals surface area contributed by atoms with E-state index >= 15 is 0 Å². The average molecular weight is 293 g/mol. The number of carbonyl (C=O) groups is 2. The minimum atomic E-state index is -0.642. The number of rotatable bonds is 3. The van der Waals surface area contributed by atoms with Crippen molar-refractivity contribution in [2.24, 2.45) is 4.99 Å². The highest BCUT2D eigenvalue weighted by Crippen LogP contribution is 2.30. The van der Waals surface area contributed by atoms with E-state index in [1.54, 1.807) is 11.6 Å². The predicted molar refractivity (Wildman–Crippen MR) is 71.3 cm³/mol. The maximum atomic E-state index is 12.7. The van der Waals surface area contributed by atoms with Crippen LogP contribution in [0, 0.1) is 13.8 Å². The molecule has 0 saturated carbocycles. The van der Waals surface area contributed by atoms with Gasteiger partial charge < -0.3 is 9.15 Å². The van der Waals surface area contributed by atoms with Crippen LogP contribution in [0.4, 0.5) is 10.8 Å². The van der Waals surface area contributed by atoms with Gasteiger partial charge in [-0.25, -0.2) is 4.79 Å². The molecule has 3 rings (SSSR count). The Bertz CT molecular complexity index is 663. The van der Waals surface area contributed by atoms with Crippen LogP contribution in [0.3, 0.4) is 0 Å². The molecule has 2 aliphatic heterocycles. The molecule has 1 fully saturated rings. The third-order valence-corrected chi connectivity index (χ3v) is 3.91. The standard InChI is InChI=1S/C13H17N4O4/c1-7-8(2)21-12-14-10-9(17(7)12)11(18)16(5-6-20-4)13(19)15(10)3/h9H,5-6H2,1-4H3/q+1. The third kappa shape index (κ3) is 1.79. The zero-order valence-corrected chi connectivity index (χ0v) is 12.4. The summed E-state index contributed by atoms with van der Waals surface area (Å²) >= 11 is 0. The number of hydrogen-bond acceptors (Lipinski definition) is 5. The molecule has 0 bridgehead atoms. The average Bonchev–Trinajstić information content (AvgIpc) is 2.95. The van der Waals surface area contributed by atoms with Crippen molar-refractivity contribution in [3.63, 3.8) is 0 Å². The largest absolute Gasteiger partial charge is 0.507 e. The summed E-state index contributed by atoms with van der Waals surface area (Å²) in [6, 6.07) is -0.684. The first-order valence-electron chi connectivity index (χ1n) is 6.65. The van der Waals surface area contributed by atoms with Gasteiger partial charge >= 0.3 is 12.0 Å². The van der Waals surface area contributed by atoms with Crippen LogP contribution in [-0.2, 0) is 9.53 Å². The number of fused-ring (bicyclic) bond motifs is 3. The number of amides is 3. The smallest absolute Gasteiger partial charge is 0.389 e. The maximum absolute atomic E-state index is 12.7. The summed E-state index contributed by atoms with van der Waals surface area (Å²) < 4.78 is 12.2. The van der Waals surface area contributed by atoms with Gasteiger partial charge in [-0.05, 0) is 6.92 Å². The summed E-state index contributed by atoms with van der Waals surface area (Å²) in [6.07, 6.45) is 0. The van der Waals surface area contributed by atoms with Gasteiger partial charge in [0.1, 0.15) is 5.69 Å². The molecular weight excluding hydrogens is 276 g/mol. The van der Waals surface area contributed by atoms with Crippen LogP contribution in [0.1, 0.15) is 17.5 Å². The van der Waals surface area contributed by atoms with Crippen molar-refractivity contribution in [1.29, 1.82) is 0 Å². The van der Waals surface area contributed by atoms with Crippen molar-refractivity contribution in [1.82, 2.24) is 9.80 Å². The van der Waals surface area contributed by atoms with Gasteiger partial charge in [-0.15, -0.1) is 0 Å². The molecular formula is C13H17N4O4+. The van der Waals surface area contributed by atoms with Crippen molar-refractivity contribution >= 4 is 23.8 Å². The van der Waals surface area contributed by atoms with E-state index in [1.807, 2.05) is 13.8 Å². The maximum Gasteiger partial charge on any atom is 0.507 e. The van der Waals surface area contributed by atoms with E-state index in [0.29, 0.717) is 24.2 Å². The fourth-order valence-electron chi connectivity index (χ4n) is 2.62. The second-order valence-corrected chi connectivity index (χ2v) is 5.09. The molecule has 2 aliphatic rings. The molecule has 1 unspecified atom stereocenters. The van der Waals surface area contributed by atoms with Gasteiger partial charge in [0.25, 0.3) is 17.8 Å². The van der Waals surface area contributed by atoms with Crippen LogP contribution < -0.4 is 4.57 Å². The molecule has 3 amide bonds. The number of ether oxygens (including phenoxy) is 1. The normalized spacial score (nSPS) is 20.8. The van der Waals surface area contributed by atoms with Crippen molar-refractivity contribution in [2.75, 3.05) is 27.3 Å². The molecule has 3 heterocycles. The van der Waals surface area contributed by atoms with E-state index in [2.05, 4.69) is 4.99 Å². The summed E-state index contributed by atoms with van der Waals surface area (Å²) in [5.41, 5.74) is 0.830. The monoisotopic (exact) mass is 293 g/mol. The molecule has 21 heavy (non-hydrogen) atoms. The number of amidine groups is 1. The molecule has 112 valence electrons. The number of oxazole rings is 1. The minimum absolute atomic E-state index is 0.216. The van der Waals surface area contributed by atoms with Crippen molar-refractivity contribution in [2.45, 2.75) is 19.9 Å². The number of carbonyl (C=O) groups excluding carboxylic acids is 2. The Morgan fingerprint density at radius 3 is 2.76 bits per heavy atom. The topological polar surface area (TPSA) is 79.2 Å². The lowest BCUT2D eigenvalue weighted by Gasteiger charge is -2.31. The first kappa shape index (κ1) is 13.7. The Kier molecular flexibility index (Phi) is 3.05. The Morgan fingerprint density at radius 1 is 1.38 bits per heavy atom. The van der Waals surface area contributed by atoms with E-state index in [9.17, 15) is 9.59 Å². The molecule has 1 atom stereocenters. The number of aryl methyl sites for hydroxylation is 1. The molecule has 8 nitrogen and oxygen atoms in total. The van der Waals surface area contributed by atoms with Crippen molar-refractivity contribution < 1.29 is 23.3 Å². The molecule has 1 saturated heterocycles. The van der Waals surface area contributed by atoms with E-state index in [1.165, 1.54) is 16.9 Å². The number of aromatic nitrogens is 1. The molecule has 0 N–H and O–H groups in total. The summed E-state index contributed by atoms with van der Waals surface area (Å²) in [5, 5.41) is 0. The molecule has 1 aromatic rings. The Hall–Kier alpha value is -2.22. The van der Waals surface area contributed by atoms with Crippen LogP contribution >= 0.6 is 0 Å². The van der Waals surface area contributed by atoms with E-state index in [-0.39, 0.29) is 12.5 Å². The predicted octanol–water partition coefficient (Wildman–Crippen LogP) is 0.309. The van der Waals surface area contributed by atoms with E-state index in [4.69, 9.17) is 9.15 Å². The van der Waals surface area contributed by atoms with Crippen LogP contribution in [0.5, 0.6) is 0 Å². The van der Waals surface area contributed by atoms with Crippen LogP contribution in [0.2, 0.25) is 0 Å². The second-order valence-electron chi connectivity index (χ2n) is 5.09. The Balaban J connectivity index is 2.04. The molecule has 0 aliphatic carbocycles. The first-order valence-corrected chi connectivity index (χ1v) is 6.65. The SMILES string of the molecule is COCCN1C(=O)C2C(=Nc3oc(C)c(C)[n+]32)N(C)C1=O. The van der Waals surface area contributed by atoms with E-state index < -0.39 is 12.1 Å². The van der Waals surface area contributed by atoms with Crippen molar-refractivity contribution in [3.05, 3.63) is 11.5 Å². The molecule has 0 aromatic carbocycles. The molecule has 1 aromatic heterocycles. The molecule has 8 heteroatoms. The lowest BCUT2D eigenvalue weighted by molar-refractivity contribution is -0.685. The van der Waals surface area contributed by atoms with Gasteiger partial charge in [0.15, 0.2) is 5.76 Å². The third-order valence-electron chi connectivity index (χ3n) is 3.91. The number of urea groups is 1. The summed E-state index contributed by atoms with van der Waals surface area (Å²) in [7, 11) is 3.14. The Morgan fingerprint density at radius 2 is 2.10 bits per heavy atom. The fourth-order valence-corrected chi connectivity index (χ4v) is 2.62. The number of imide groups is 1. The van der Waals surface area contributed by atoms with Crippen LogP contribution in [0.15, 0.2) is 9.41 Å². The quantitative estimate of drug-likeness (QED) is 0.751. The highest BCUT2D eigenvalue weighted by Gasteiger charge is 2.55. The van der Waals surface area contributed by atoms with Gasteiger partial charge in [-0.1, -0.05) is 0 Å². The number of methoxy groups -OCH3 is 1. The molecule has 0 radical (unpaired) electrons. The van der Waals surface area contributed by atoms with Gasteiger partial charge in [0, 0.05) is 26.1 Å². The lowest BCUT2D eigenvalue weighted by Crippen LogP contribution is -2.63. The first-order chi connectivity index (χ1) is 9.97. The second kappa shape index (κ2) is 4.66. The van der Waals surface area contributed by atoms with Gasteiger partial charge in [-0.3, -0.25) is 14.6 Å². The number of nitrogens with zero attached hydrogens (tertiary/aromatic N) is 4. The van der Waals surface area contributed by atoms with E-state index in [0.717, 1.165) is 5.69 Å². The zero-order valence-electron chi connectivity index (χ0n) is 12.4. The summed E-state index contributed by atoms with van der Waals surface area (Å²) in [4.78, 5) is 31.8. The van der Waals surface area contributed by atoms with Gasteiger partial charge in [0.05, 0.1) is 13.2 Å². The number of hydrogen-bond donors (Lipinski definition) is 0. The van der Waals surface area contributed by atoms with Crippen LogP contribution in [-0.4, -0.2) is 54.9 Å². The van der Waals surface area contributed by atoms with Crippen molar-refractivity contribution in [3.8, 4) is 0 Å². The zero-order chi connectivity index (χ0) is 15.3. The highest BCUT2D eigenvalue weighted by atomic mass is 16.5.